The number of pyridine rings is 1. The zero-order chi connectivity index (χ0) is 18.6. The fraction of sp³-hybridized carbons (Fsp3) is 0.118. The highest BCUT2D eigenvalue weighted by Crippen LogP contribution is 2.20. The third kappa shape index (κ3) is 4.54. The minimum Gasteiger partial charge on any atom is -0.508 e. The van der Waals surface area contributed by atoms with E-state index in [0.29, 0.717) is 5.69 Å². The summed E-state index contributed by atoms with van der Waals surface area (Å²) < 4.78 is 14.8. The maximum absolute atomic E-state index is 13.7. The second-order valence-corrected chi connectivity index (χ2v) is 5.22. The van der Waals surface area contributed by atoms with E-state index in [9.17, 15) is 23.9 Å². The lowest BCUT2D eigenvalue weighted by atomic mass is 10.2. The first-order chi connectivity index (χ1) is 11.8. The van der Waals surface area contributed by atoms with Crippen LogP contribution in [0.15, 0.2) is 47.8 Å². The Morgan fingerprint density at radius 3 is 2.64 bits per heavy atom. The molecule has 0 saturated carbocycles. The number of hydrogen-bond acceptors (Lipinski definition) is 4. The maximum Gasteiger partial charge on any atom is 0.254 e. The van der Waals surface area contributed by atoms with Crippen LogP contribution in [0.5, 0.6) is 5.75 Å². The molecule has 2 rings (SSSR count). The van der Waals surface area contributed by atoms with Crippen LogP contribution in [0.1, 0.15) is 5.69 Å². The highest BCUT2D eigenvalue weighted by molar-refractivity contribution is 5.99. The van der Waals surface area contributed by atoms with Gasteiger partial charge in [-0.15, -0.1) is 0 Å². The van der Waals surface area contributed by atoms with Crippen LogP contribution < -0.4 is 16.2 Å². The van der Waals surface area contributed by atoms with E-state index in [-0.39, 0.29) is 23.7 Å². The lowest BCUT2D eigenvalue weighted by Gasteiger charge is -2.12. The van der Waals surface area contributed by atoms with Gasteiger partial charge in [0.2, 0.25) is 11.8 Å². The van der Waals surface area contributed by atoms with Gasteiger partial charge >= 0.3 is 0 Å². The largest absolute Gasteiger partial charge is 0.508 e. The molecule has 1 aromatic heterocycles. The second kappa shape index (κ2) is 7.43. The van der Waals surface area contributed by atoms with Crippen LogP contribution in [0.25, 0.3) is 0 Å². The minimum atomic E-state index is -0.668. The first-order valence-corrected chi connectivity index (χ1v) is 7.23. The summed E-state index contributed by atoms with van der Waals surface area (Å²) >= 11 is 0. The van der Waals surface area contributed by atoms with Gasteiger partial charge in [-0.05, 0) is 37.3 Å². The Balaban J connectivity index is 2.16. The molecule has 2 amide bonds. The number of halogens is 1. The topological polar surface area (TPSA) is 100 Å². The van der Waals surface area contributed by atoms with Crippen LogP contribution in [-0.4, -0.2) is 21.5 Å². The smallest absolute Gasteiger partial charge is 0.254 e. The van der Waals surface area contributed by atoms with E-state index in [4.69, 9.17) is 0 Å². The highest BCUT2D eigenvalue weighted by atomic mass is 19.1. The number of aromatic nitrogens is 1. The van der Waals surface area contributed by atoms with Crippen LogP contribution in [0.2, 0.25) is 0 Å². The number of carbonyl (C=O) groups is 2. The average molecular weight is 345 g/mol. The summed E-state index contributed by atoms with van der Waals surface area (Å²) in [7, 11) is 0. The van der Waals surface area contributed by atoms with Crippen molar-refractivity contribution in [3.63, 3.8) is 0 Å². The number of aryl methyl sites for hydroxylation is 1. The Bertz CT molecular complexity index is 905. The highest BCUT2D eigenvalue weighted by Gasteiger charge is 2.11. The van der Waals surface area contributed by atoms with Crippen molar-refractivity contribution in [2.75, 3.05) is 10.6 Å². The lowest BCUT2D eigenvalue weighted by Crippen LogP contribution is -2.28. The first-order valence-electron chi connectivity index (χ1n) is 7.23. The van der Waals surface area contributed by atoms with Gasteiger partial charge in [0.15, 0.2) is 0 Å². The molecular formula is C17H16FN3O4. The number of rotatable bonds is 5. The Labute approximate surface area is 142 Å². The van der Waals surface area contributed by atoms with E-state index in [1.165, 1.54) is 22.8 Å². The summed E-state index contributed by atoms with van der Waals surface area (Å²) in [5.74, 6) is -1.96. The van der Waals surface area contributed by atoms with Crippen molar-refractivity contribution in [3.05, 3.63) is 64.9 Å². The van der Waals surface area contributed by atoms with Crippen LogP contribution in [0.3, 0.4) is 0 Å². The van der Waals surface area contributed by atoms with Gasteiger partial charge in [-0.2, -0.15) is 0 Å². The SMILES string of the molecule is C=CC(=O)Nc1cc(NC(=O)Cn2c(C)cc(O)cc2=O)ccc1F. The number of anilines is 2. The van der Waals surface area contributed by atoms with Crippen molar-refractivity contribution in [2.24, 2.45) is 0 Å². The van der Waals surface area contributed by atoms with E-state index in [1.807, 2.05) is 0 Å². The average Bonchev–Trinajstić information content (AvgIpc) is 2.54. The van der Waals surface area contributed by atoms with Crippen LogP contribution in [0, 0.1) is 12.7 Å². The Morgan fingerprint density at radius 2 is 2.00 bits per heavy atom. The molecule has 2 aromatic rings. The van der Waals surface area contributed by atoms with Gasteiger partial charge in [0.1, 0.15) is 18.1 Å². The standard InChI is InChI=1S/C17H16FN3O4/c1-3-15(23)20-14-7-11(4-5-13(14)18)19-16(24)9-21-10(2)6-12(22)8-17(21)25/h3-8,22H,1,9H2,2H3,(H,19,24)(H,20,23). The van der Waals surface area contributed by atoms with Gasteiger partial charge in [0.05, 0.1) is 5.69 Å². The quantitative estimate of drug-likeness (QED) is 0.719. The summed E-state index contributed by atoms with van der Waals surface area (Å²) in [6.45, 7) is 4.57. The lowest BCUT2D eigenvalue weighted by molar-refractivity contribution is -0.116. The minimum absolute atomic E-state index is 0.110. The predicted molar refractivity (Wildman–Crippen MR) is 91.0 cm³/mol. The Hall–Kier alpha value is -3.42. The Morgan fingerprint density at radius 1 is 1.28 bits per heavy atom. The second-order valence-electron chi connectivity index (χ2n) is 5.22. The van der Waals surface area contributed by atoms with Gasteiger partial charge in [0.25, 0.3) is 5.56 Å². The van der Waals surface area contributed by atoms with Gasteiger partial charge in [-0.25, -0.2) is 4.39 Å². The molecule has 0 saturated heterocycles. The van der Waals surface area contributed by atoms with Crippen molar-refractivity contribution in [1.82, 2.24) is 4.57 Å². The molecule has 0 spiro atoms. The zero-order valence-corrected chi connectivity index (χ0v) is 13.4. The summed E-state index contributed by atoms with van der Waals surface area (Å²) in [6, 6.07) is 6.02. The molecule has 25 heavy (non-hydrogen) atoms. The van der Waals surface area contributed by atoms with Crippen molar-refractivity contribution in [1.29, 1.82) is 0 Å². The molecule has 7 nitrogen and oxygen atoms in total. The molecule has 0 fully saturated rings. The van der Waals surface area contributed by atoms with Crippen molar-refractivity contribution in [2.45, 2.75) is 13.5 Å². The number of amides is 2. The fourth-order valence-electron chi connectivity index (χ4n) is 2.14. The zero-order valence-electron chi connectivity index (χ0n) is 13.4. The molecule has 0 unspecified atom stereocenters. The monoisotopic (exact) mass is 345 g/mol. The summed E-state index contributed by atoms with van der Waals surface area (Å²) in [4.78, 5) is 35.2. The van der Waals surface area contributed by atoms with Crippen molar-refractivity contribution in [3.8, 4) is 5.75 Å². The third-order valence-corrected chi connectivity index (χ3v) is 3.32. The first kappa shape index (κ1) is 17.9. The predicted octanol–water partition coefficient (Wildman–Crippen LogP) is 1.76. The van der Waals surface area contributed by atoms with Gasteiger partial charge < -0.3 is 20.3 Å². The molecule has 0 aliphatic heterocycles. The van der Waals surface area contributed by atoms with Gasteiger partial charge in [-0.1, -0.05) is 6.58 Å². The molecule has 0 atom stereocenters. The number of hydrogen-bond donors (Lipinski definition) is 3. The molecule has 0 aliphatic carbocycles. The molecule has 0 radical (unpaired) electrons. The molecule has 8 heteroatoms. The van der Waals surface area contributed by atoms with E-state index in [2.05, 4.69) is 17.2 Å². The Kier molecular flexibility index (Phi) is 5.33. The third-order valence-electron chi connectivity index (χ3n) is 3.32. The summed E-state index contributed by atoms with van der Waals surface area (Å²) in [6.07, 6.45) is 0.991. The van der Waals surface area contributed by atoms with Crippen LogP contribution in [-0.2, 0) is 16.1 Å². The summed E-state index contributed by atoms with van der Waals surface area (Å²) in [5.41, 5.74) is 0.0276. The van der Waals surface area contributed by atoms with Gasteiger partial charge in [-0.3, -0.25) is 14.4 Å². The molecule has 3 N–H and O–H groups in total. The number of nitrogens with zero attached hydrogens (tertiary/aromatic N) is 1. The maximum atomic E-state index is 13.7. The molecule has 130 valence electrons. The van der Waals surface area contributed by atoms with Gasteiger partial charge in [0, 0.05) is 17.4 Å². The molecule has 0 bridgehead atoms. The van der Waals surface area contributed by atoms with E-state index < -0.39 is 23.2 Å². The fourth-order valence-corrected chi connectivity index (χ4v) is 2.14. The molecule has 1 aromatic carbocycles. The van der Waals surface area contributed by atoms with E-state index in [1.54, 1.807) is 6.92 Å². The number of benzene rings is 1. The summed E-state index contributed by atoms with van der Waals surface area (Å²) in [5, 5.41) is 14.1. The number of nitrogens with one attached hydrogen (secondary N) is 2. The van der Waals surface area contributed by atoms with Crippen LogP contribution in [0.4, 0.5) is 15.8 Å². The molecule has 0 aliphatic rings. The molecule has 1 heterocycles. The van der Waals surface area contributed by atoms with E-state index >= 15 is 0 Å². The number of carbonyl (C=O) groups excluding carboxylic acids is 2. The van der Waals surface area contributed by atoms with E-state index in [0.717, 1.165) is 18.2 Å². The van der Waals surface area contributed by atoms with Crippen LogP contribution >= 0.6 is 0 Å². The van der Waals surface area contributed by atoms with Crippen molar-refractivity contribution >= 4 is 23.2 Å². The normalized spacial score (nSPS) is 10.2. The van der Waals surface area contributed by atoms with Crippen molar-refractivity contribution < 1.29 is 19.1 Å². The molecular weight excluding hydrogens is 329 g/mol. The number of aromatic hydroxyl groups is 1.